The predicted octanol–water partition coefficient (Wildman–Crippen LogP) is 4.46. The molecule has 6 nitrogen and oxygen atoms in total. The van der Waals surface area contributed by atoms with Gasteiger partial charge in [-0.2, -0.15) is 0 Å². The third-order valence-electron chi connectivity index (χ3n) is 4.59. The molecular formula is C23H21N3O3. The lowest BCUT2D eigenvalue weighted by molar-refractivity contribution is 0.0746. The summed E-state index contributed by atoms with van der Waals surface area (Å²) in [5.41, 5.74) is 2.26. The molecule has 0 radical (unpaired) electrons. The summed E-state index contributed by atoms with van der Waals surface area (Å²) >= 11 is 0. The average Bonchev–Trinajstić information content (AvgIpc) is 3.25. The number of aromatic nitrogens is 2. The minimum atomic E-state index is -0.164. The predicted molar refractivity (Wildman–Crippen MR) is 109 cm³/mol. The Morgan fingerprint density at radius 3 is 2.79 bits per heavy atom. The fourth-order valence-corrected chi connectivity index (χ4v) is 3.06. The molecule has 0 saturated carbocycles. The zero-order valence-electron chi connectivity index (χ0n) is 16.1. The molecule has 0 fully saturated rings. The van der Waals surface area contributed by atoms with Crippen molar-refractivity contribution in [1.29, 1.82) is 0 Å². The fraction of sp³-hybridized carbons (Fsp3) is 0.174. The summed E-state index contributed by atoms with van der Waals surface area (Å²) in [5.74, 6) is 0.884. The van der Waals surface area contributed by atoms with Gasteiger partial charge in [0.25, 0.3) is 5.91 Å². The number of ether oxygens (including phenoxy) is 1. The van der Waals surface area contributed by atoms with Crippen LogP contribution in [0.5, 0.6) is 5.75 Å². The van der Waals surface area contributed by atoms with Crippen LogP contribution in [0.1, 0.15) is 28.9 Å². The highest BCUT2D eigenvalue weighted by atomic mass is 16.5. The normalized spacial score (nSPS) is 10.8. The first kappa shape index (κ1) is 18.7. The molecule has 2 heterocycles. The first-order valence-corrected chi connectivity index (χ1v) is 9.48. The molecule has 0 N–H and O–H groups in total. The molecule has 1 amide bonds. The van der Waals surface area contributed by atoms with Gasteiger partial charge in [-0.05, 0) is 36.8 Å². The molecule has 0 aliphatic carbocycles. The Morgan fingerprint density at radius 2 is 1.97 bits per heavy atom. The molecule has 29 heavy (non-hydrogen) atoms. The number of rotatable bonds is 7. The molecule has 0 spiro atoms. The molecular weight excluding hydrogens is 366 g/mol. The van der Waals surface area contributed by atoms with Crippen molar-refractivity contribution in [3.05, 3.63) is 90.3 Å². The van der Waals surface area contributed by atoms with Gasteiger partial charge in [-0.15, -0.1) is 0 Å². The van der Waals surface area contributed by atoms with E-state index < -0.39 is 0 Å². The van der Waals surface area contributed by atoms with Crippen LogP contribution >= 0.6 is 0 Å². The third-order valence-corrected chi connectivity index (χ3v) is 4.59. The number of hydrogen-bond donors (Lipinski definition) is 0. The maximum atomic E-state index is 12.8. The molecule has 2 aromatic carbocycles. The number of amides is 1. The molecule has 0 atom stereocenters. The number of hydrogen-bond acceptors (Lipinski definition) is 5. The van der Waals surface area contributed by atoms with E-state index >= 15 is 0 Å². The van der Waals surface area contributed by atoms with Crippen molar-refractivity contribution >= 4 is 16.8 Å². The van der Waals surface area contributed by atoms with E-state index in [0.29, 0.717) is 24.7 Å². The maximum absolute atomic E-state index is 12.8. The molecule has 0 aliphatic rings. The van der Waals surface area contributed by atoms with Crippen LogP contribution in [0.4, 0.5) is 0 Å². The second-order valence-electron chi connectivity index (χ2n) is 6.58. The van der Waals surface area contributed by atoms with Crippen LogP contribution in [-0.2, 0) is 13.2 Å². The Hall–Kier alpha value is -3.67. The molecule has 0 unspecified atom stereocenters. The van der Waals surface area contributed by atoms with Crippen molar-refractivity contribution in [3.8, 4) is 5.75 Å². The Balaban J connectivity index is 1.40. The first-order chi connectivity index (χ1) is 14.2. The van der Waals surface area contributed by atoms with Crippen molar-refractivity contribution in [2.24, 2.45) is 0 Å². The highest BCUT2D eigenvalue weighted by Gasteiger charge is 2.19. The van der Waals surface area contributed by atoms with Crippen LogP contribution in [0, 0.1) is 0 Å². The fourth-order valence-electron chi connectivity index (χ4n) is 3.06. The van der Waals surface area contributed by atoms with Crippen LogP contribution < -0.4 is 4.74 Å². The SMILES string of the molecule is CCN(Cc1ccccc1)C(=O)c1coc(COc2ccc3ncccc3c2)n1. The minimum absolute atomic E-state index is 0.143. The largest absolute Gasteiger partial charge is 0.484 e. The Labute approximate surface area is 168 Å². The topological polar surface area (TPSA) is 68.5 Å². The highest BCUT2D eigenvalue weighted by molar-refractivity contribution is 5.92. The van der Waals surface area contributed by atoms with Crippen molar-refractivity contribution in [3.63, 3.8) is 0 Å². The van der Waals surface area contributed by atoms with Gasteiger partial charge < -0.3 is 14.1 Å². The lowest BCUT2D eigenvalue weighted by Gasteiger charge is -2.19. The zero-order valence-corrected chi connectivity index (χ0v) is 16.1. The van der Waals surface area contributed by atoms with E-state index in [9.17, 15) is 4.79 Å². The lowest BCUT2D eigenvalue weighted by Crippen LogP contribution is -2.30. The van der Waals surface area contributed by atoms with E-state index in [1.54, 1.807) is 11.1 Å². The summed E-state index contributed by atoms with van der Waals surface area (Å²) in [7, 11) is 0. The monoisotopic (exact) mass is 387 g/mol. The molecule has 0 bridgehead atoms. The zero-order chi connectivity index (χ0) is 20.1. The van der Waals surface area contributed by atoms with E-state index in [0.717, 1.165) is 16.5 Å². The van der Waals surface area contributed by atoms with Crippen molar-refractivity contribution in [2.45, 2.75) is 20.1 Å². The van der Waals surface area contributed by atoms with E-state index in [-0.39, 0.29) is 18.2 Å². The number of carbonyl (C=O) groups excluding carboxylic acids is 1. The summed E-state index contributed by atoms with van der Waals surface area (Å²) < 4.78 is 11.2. The van der Waals surface area contributed by atoms with E-state index in [2.05, 4.69) is 9.97 Å². The van der Waals surface area contributed by atoms with Gasteiger partial charge in [-0.25, -0.2) is 4.98 Å². The summed E-state index contributed by atoms with van der Waals surface area (Å²) in [4.78, 5) is 23.1. The van der Waals surface area contributed by atoms with E-state index in [4.69, 9.17) is 9.15 Å². The molecule has 6 heteroatoms. The number of nitrogens with zero attached hydrogens (tertiary/aromatic N) is 3. The average molecular weight is 387 g/mol. The summed E-state index contributed by atoms with van der Waals surface area (Å²) in [6.07, 6.45) is 3.14. The van der Waals surface area contributed by atoms with Gasteiger partial charge in [0.15, 0.2) is 12.3 Å². The number of oxazole rings is 1. The summed E-state index contributed by atoms with van der Waals surface area (Å²) in [6, 6.07) is 19.4. The second kappa shape index (κ2) is 8.56. The van der Waals surface area contributed by atoms with Gasteiger partial charge in [0.2, 0.25) is 5.89 Å². The summed E-state index contributed by atoms with van der Waals surface area (Å²) in [6.45, 7) is 3.20. The Bertz CT molecular complexity index is 1110. The number of pyridine rings is 1. The van der Waals surface area contributed by atoms with Gasteiger partial charge in [-0.3, -0.25) is 9.78 Å². The van der Waals surface area contributed by atoms with Gasteiger partial charge in [-0.1, -0.05) is 36.4 Å². The lowest BCUT2D eigenvalue weighted by atomic mass is 10.2. The van der Waals surface area contributed by atoms with Gasteiger partial charge in [0.05, 0.1) is 5.52 Å². The van der Waals surface area contributed by atoms with Crippen LogP contribution in [0.25, 0.3) is 10.9 Å². The van der Waals surface area contributed by atoms with Crippen molar-refractivity contribution in [2.75, 3.05) is 6.54 Å². The Kier molecular flexibility index (Phi) is 5.52. The van der Waals surface area contributed by atoms with E-state index in [1.165, 1.54) is 6.26 Å². The van der Waals surface area contributed by atoms with Gasteiger partial charge >= 0.3 is 0 Å². The van der Waals surface area contributed by atoms with Crippen LogP contribution in [0.2, 0.25) is 0 Å². The number of fused-ring (bicyclic) bond motifs is 1. The second-order valence-corrected chi connectivity index (χ2v) is 6.58. The summed E-state index contributed by atoms with van der Waals surface area (Å²) in [5, 5.41) is 0.993. The van der Waals surface area contributed by atoms with Crippen molar-refractivity contribution < 1.29 is 13.9 Å². The molecule has 4 aromatic rings. The van der Waals surface area contributed by atoms with Crippen LogP contribution in [0.15, 0.2) is 77.5 Å². The number of carbonyl (C=O) groups is 1. The smallest absolute Gasteiger partial charge is 0.276 e. The third kappa shape index (κ3) is 4.43. The van der Waals surface area contributed by atoms with E-state index in [1.807, 2.05) is 67.6 Å². The maximum Gasteiger partial charge on any atom is 0.276 e. The van der Waals surface area contributed by atoms with Crippen LogP contribution in [0.3, 0.4) is 0 Å². The van der Waals surface area contributed by atoms with Gasteiger partial charge in [0.1, 0.15) is 12.0 Å². The minimum Gasteiger partial charge on any atom is -0.484 e. The van der Waals surface area contributed by atoms with Crippen LogP contribution in [-0.4, -0.2) is 27.3 Å². The standard InChI is InChI=1S/C23H21N3O3/c1-2-26(14-17-7-4-3-5-8-17)23(27)21-15-29-22(25-21)16-28-19-10-11-20-18(13-19)9-6-12-24-20/h3-13,15H,2,14,16H2,1H3. The quantitative estimate of drug-likeness (QED) is 0.468. The number of benzene rings is 2. The molecule has 2 aromatic heterocycles. The molecule has 0 saturated heterocycles. The molecule has 146 valence electrons. The highest BCUT2D eigenvalue weighted by Crippen LogP contribution is 2.20. The molecule has 4 rings (SSSR count). The Morgan fingerprint density at radius 1 is 1.10 bits per heavy atom. The molecule has 0 aliphatic heterocycles. The van der Waals surface area contributed by atoms with Crippen molar-refractivity contribution in [1.82, 2.24) is 14.9 Å². The first-order valence-electron chi connectivity index (χ1n) is 9.48. The van der Waals surface area contributed by atoms with Gasteiger partial charge in [0, 0.05) is 24.7 Å².